The van der Waals surface area contributed by atoms with Gasteiger partial charge in [0.1, 0.15) is 5.75 Å². The number of carbonyl (C=O) groups is 1. The lowest BCUT2D eigenvalue weighted by atomic mass is 10.1. The summed E-state index contributed by atoms with van der Waals surface area (Å²) < 4.78 is 5.11. The van der Waals surface area contributed by atoms with Crippen molar-refractivity contribution < 1.29 is 9.53 Å². The van der Waals surface area contributed by atoms with Crippen molar-refractivity contribution in [1.82, 2.24) is 5.32 Å². The van der Waals surface area contributed by atoms with Crippen molar-refractivity contribution in [2.24, 2.45) is 5.10 Å². The third-order valence-electron chi connectivity index (χ3n) is 3.88. The van der Waals surface area contributed by atoms with Crippen molar-refractivity contribution in [2.45, 2.75) is 25.7 Å². The molecule has 1 amide bonds. The molecule has 0 bridgehead atoms. The van der Waals surface area contributed by atoms with E-state index >= 15 is 0 Å². The van der Waals surface area contributed by atoms with Crippen LogP contribution in [0.4, 0.5) is 5.69 Å². The zero-order chi connectivity index (χ0) is 19.3. The number of carbonyl (C=O) groups excluding carboxylic acids is 1. The summed E-state index contributed by atoms with van der Waals surface area (Å²) in [6, 6.07) is 17.4. The van der Waals surface area contributed by atoms with E-state index in [1.165, 1.54) is 0 Å². The molecule has 0 aromatic heterocycles. The number of rotatable bonds is 10. The van der Waals surface area contributed by atoms with E-state index in [0.717, 1.165) is 29.0 Å². The Kier molecular flexibility index (Phi) is 8.38. The molecule has 140 valence electrons. The lowest BCUT2D eigenvalue weighted by Crippen LogP contribution is -2.27. The number of ether oxygens (including phenoxy) is 1. The molecule has 27 heavy (non-hydrogen) atoms. The Labute approximate surface area is 159 Å². The molecule has 0 heterocycles. The number of benzene rings is 2. The number of hydrogen-bond donors (Lipinski definition) is 2. The molecule has 0 atom stereocenters. The third kappa shape index (κ3) is 7.61. The van der Waals surface area contributed by atoms with Crippen LogP contribution < -0.4 is 15.5 Å². The fourth-order valence-electron chi connectivity index (χ4n) is 2.40. The Balaban J connectivity index is 1.69. The highest BCUT2D eigenvalue weighted by molar-refractivity contribution is 5.78. The van der Waals surface area contributed by atoms with Crippen molar-refractivity contribution in [2.75, 3.05) is 19.1 Å². The first-order chi connectivity index (χ1) is 13.2. The van der Waals surface area contributed by atoms with Gasteiger partial charge in [-0.3, -0.25) is 10.2 Å². The minimum absolute atomic E-state index is 0.00478. The first-order valence-electron chi connectivity index (χ1n) is 8.84. The summed E-state index contributed by atoms with van der Waals surface area (Å²) in [5.41, 5.74) is 5.90. The van der Waals surface area contributed by atoms with Gasteiger partial charge in [-0.1, -0.05) is 24.3 Å². The maximum atomic E-state index is 12.0. The number of nitrogens with one attached hydrogen (secondary N) is 2. The number of unbranched alkanes of at least 4 members (excludes halogenated alkanes) is 1. The summed E-state index contributed by atoms with van der Waals surface area (Å²) in [6.07, 6.45) is 3.91. The molecule has 6 nitrogen and oxygen atoms in total. The summed E-state index contributed by atoms with van der Waals surface area (Å²) in [6.45, 7) is 0.591. The Morgan fingerprint density at radius 1 is 1.15 bits per heavy atom. The fraction of sp³-hybridized carbons (Fsp3) is 0.286. The topological polar surface area (TPSA) is 86.5 Å². The SMILES string of the molecule is COc1ccc(CC(=O)NCCc2ccc(NN=CCCC#N)cc2)cc1. The third-order valence-corrected chi connectivity index (χ3v) is 3.88. The van der Waals surface area contributed by atoms with Crippen LogP contribution >= 0.6 is 0 Å². The van der Waals surface area contributed by atoms with Crippen LogP contribution in [0.1, 0.15) is 24.0 Å². The van der Waals surface area contributed by atoms with Gasteiger partial charge >= 0.3 is 0 Å². The first kappa shape index (κ1) is 20.0. The standard InChI is InChI=1S/C21H24N4O2/c1-27-20-10-6-18(7-11-20)16-21(26)23-15-12-17-4-8-19(9-5-17)25-24-14-3-2-13-22/h4-11,14,25H,2-3,12,15-16H2,1H3,(H,23,26). The Bertz CT molecular complexity index is 777. The van der Waals surface area contributed by atoms with Gasteiger partial charge in [0.25, 0.3) is 0 Å². The minimum atomic E-state index is 0.00478. The average Bonchev–Trinajstić information content (AvgIpc) is 2.69. The molecule has 2 aromatic carbocycles. The predicted octanol–water partition coefficient (Wildman–Crippen LogP) is 3.30. The van der Waals surface area contributed by atoms with Crippen molar-refractivity contribution in [1.29, 1.82) is 5.26 Å². The normalized spacial score (nSPS) is 10.4. The van der Waals surface area contributed by atoms with E-state index in [-0.39, 0.29) is 5.91 Å². The van der Waals surface area contributed by atoms with Crippen LogP contribution in [0.25, 0.3) is 0 Å². The van der Waals surface area contributed by atoms with E-state index in [4.69, 9.17) is 10.00 Å². The van der Waals surface area contributed by atoms with Gasteiger partial charge in [0.2, 0.25) is 5.91 Å². The van der Waals surface area contributed by atoms with Crippen LogP contribution in [0.5, 0.6) is 5.75 Å². The van der Waals surface area contributed by atoms with E-state index in [0.29, 0.717) is 25.8 Å². The van der Waals surface area contributed by atoms with Gasteiger partial charge in [0.05, 0.1) is 25.3 Å². The van der Waals surface area contributed by atoms with Crippen molar-refractivity contribution in [3.63, 3.8) is 0 Å². The van der Waals surface area contributed by atoms with Crippen molar-refractivity contribution in [3.8, 4) is 11.8 Å². The molecule has 0 spiro atoms. The largest absolute Gasteiger partial charge is 0.497 e. The minimum Gasteiger partial charge on any atom is -0.497 e. The van der Waals surface area contributed by atoms with Gasteiger partial charge in [-0.05, 0) is 48.2 Å². The monoisotopic (exact) mass is 364 g/mol. The summed E-state index contributed by atoms with van der Waals surface area (Å²) in [7, 11) is 1.62. The smallest absolute Gasteiger partial charge is 0.224 e. The summed E-state index contributed by atoms with van der Waals surface area (Å²) >= 11 is 0. The van der Waals surface area contributed by atoms with Crippen LogP contribution in [-0.4, -0.2) is 25.8 Å². The van der Waals surface area contributed by atoms with E-state index in [1.807, 2.05) is 48.5 Å². The van der Waals surface area contributed by atoms with Gasteiger partial charge in [0.15, 0.2) is 0 Å². The Morgan fingerprint density at radius 2 is 1.85 bits per heavy atom. The molecule has 0 unspecified atom stereocenters. The van der Waals surface area contributed by atoms with Crippen molar-refractivity contribution in [3.05, 3.63) is 59.7 Å². The molecule has 0 saturated carbocycles. The second kappa shape index (κ2) is 11.3. The molecule has 0 radical (unpaired) electrons. The Morgan fingerprint density at radius 3 is 2.52 bits per heavy atom. The molecule has 2 N–H and O–H groups in total. The van der Waals surface area contributed by atoms with Gasteiger partial charge in [-0.2, -0.15) is 10.4 Å². The highest BCUT2D eigenvalue weighted by Gasteiger charge is 2.03. The lowest BCUT2D eigenvalue weighted by Gasteiger charge is -2.07. The van der Waals surface area contributed by atoms with Crippen LogP contribution in [0, 0.1) is 11.3 Å². The first-order valence-corrected chi connectivity index (χ1v) is 8.84. The van der Waals surface area contributed by atoms with Crippen molar-refractivity contribution >= 4 is 17.8 Å². The molecule has 0 saturated heterocycles. The predicted molar refractivity (Wildman–Crippen MR) is 107 cm³/mol. The van der Waals surface area contributed by atoms with Gasteiger partial charge < -0.3 is 10.1 Å². The molecule has 2 rings (SSSR count). The summed E-state index contributed by atoms with van der Waals surface area (Å²) in [5, 5.41) is 15.4. The molecular weight excluding hydrogens is 340 g/mol. The van der Waals surface area contributed by atoms with E-state index in [9.17, 15) is 4.79 Å². The zero-order valence-corrected chi connectivity index (χ0v) is 15.4. The number of nitriles is 1. The van der Waals surface area contributed by atoms with Crippen LogP contribution in [-0.2, 0) is 17.6 Å². The lowest BCUT2D eigenvalue weighted by molar-refractivity contribution is -0.120. The van der Waals surface area contributed by atoms with Crippen LogP contribution in [0.3, 0.4) is 0 Å². The highest BCUT2D eigenvalue weighted by Crippen LogP contribution is 2.12. The molecular formula is C21H24N4O2. The maximum absolute atomic E-state index is 12.0. The molecule has 0 fully saturated rings. The van der Waals surface area contributed by atoms with Gasteiger partial charge in [0, 0.05) is 19.2 Å². The van der Waals surface area contributed by atoms with E-state index < -0.39 is 0 Å². The molecule has 0 aliphatic heterocycles. The summed E-state index contributed by atoms with van der Waals surface area (Å²) in [4.78, 5) is 12.0. The Hall–Kier alpha value is -3.33. The molecule has 0 aliphatic carbocycles. The molecule has 2 aromatic rings. The number of amides is 1. The number of anilines is 1. The van der Waals surface area contributed by atoms with Gasteiger partial charge in [-0.25, -0.2) is 0 Å². The second-order valence-electron chi connectivity index (χ2n) is 5.94. The van der Waals surface area contributed by atoms with E-state index in [1.54, 1.807) is 13.3 Å². The van der Waals surface area contributed by atoms with E-state index in [2.05, 4.69) is 21.9 Å². The zero-order valence-electron chi connectivity index (χ0n) is 15.4. The maximum Gasteiger partial charge on any atom is 0.224 e. The quantitative estimate of drug-likeness (QED) is 0.385. The second-order valence-corrected chi connectivity index (χ2v) is 5.94. The number of hydrazone groups is 1. The number of nitrogens with zero attached hydrogens (tertiary/aromatic N) is 2. The number of hydrogen-bond acceptors (Lipinski definition) is 5. The molecule has 6 heteroatoms. The van der Waals surface area contributed by atoms with Crippen LogP contribution in [0.15, 0.2) is 53.6 Å². The highest BCUT2D eigenvalue weighted by atomic mass is 16.5. The number of methoxy groups -OCH3 is 1. The molecule has 0 aliphatic rings. The van der Waals surface area contributed by atoms with Crippen LogP contribution in [0.2, 0.25) is 0 Å². The average molecular weight is 364 g/mol. The fourth-order valence-corrected chi connectivity index (χ4v) is 2.40. The van der Waals surface area contributed by atoms with Gasteiger partial charge in [-0.15, -0.1) is 0 Å². The summed E-state index contributed by atoms with van der Waals surface area (Å²) in [5.74, 6) is 0.787.